The van der Waals surface area contributed by atoms with Crippen molar-refractivity contribution in [1.29, 1.82) is 0 Å². The Labute approximate surface area is 161 Å². The van der Waals surface area contributed by atoms with Crippen LogP contribution in [0.25, 0.3) is 0 Å². The lowest BCUT2D eigenvalue weighted by Crippen LogP contribution is -2.43. The summed E-state index contributed by atoms with van der Waals surface area (Å²) >= 11 is 11.9. The maximum absolute atomic E-state index is 12.8. The van der Waals surface area contributed by atoms with Gasteiger partial charge in [0, 0.05) is 27.8 Å². The number of halogens is 2. The van der Waals surface area contributed by atoms with Gasteiger partial charge in [0.25, 0.3) is 5.91 Å². The zero-order valence-corrected chi connectivity index (χ0v) is 15.7. The first-order chi connectivity index (χ1) is 12.5. The molecule has 0 saturated carbocycles. The fraction of sp³-hybridized carbons (Fsp3) is 0.263. The van der Waals surface area contributed by atoms with E-state index in [1.165, 1.54) is 0 Å². The van der Waals surface area contributed by atoms with Gasteiger partial charge in [-0.1, -0.05) is 29.3 Å². The van der Waals surface area contributed by atoms with E-state index in [0.29, 0.717) is 40.0 Å². The van der Waals surface area contributed by atoms with Crippen molar-refractivity contribution in [3.05, 3.63) is 58.1 Å². The Bertz CT molecular complexity index is 821. The molecule has 1 unspecified atom stereocenters. The third-order valence-corrected chi connectivity index (χ3v) is 4.70. The lowest BCUT2D eigenvalue weighted by molar-refractivity contribution is -0.119. The number of likely N-dealkylation sites (tertiary alicyclic amines) is 1. The van der Waals surface area contributed by atoms with Gasteiger partial charge in [0.05, 0.1) is 7.11 Å². The van der Waals surface area contributed by atoms with Gasteiger partial charge in [0.2, 0.25) is 5.91 Å². The molecule has 1 fully saturated rings. The minimum Gasteiger partial charge on any atom is -0.497 e. The number of ether oxygens (including phenoxy) is 1. The molecule has 7 heteroatoms. The van der Waals surface area contributed by atoms with Gasteiger partial charge < -0.3 is 15.0 Å². The highest BCUT2D eigenvalue weighted by molar-refractivity contribution is 6.35. The minimum atomic E-state index is -0.536. The molecular formula is C19H18Cl2N2O3. The van der Waals surface area contributed by atoms with E-state index in [2.05, 4.69) is 5.32 Å². The number of benzene rings is 2. The van der Waals surface area contributed by atoms with E-state index >= 15 is 0 Å². The molecule has 3 rings (SSSR count). The Hall–Kier alpha value is -2.24. The fourth-order valence-corrected chi connectivity index (χ4v) is 3.58. The average molecular weight is 393 g/mol. The number of hydrogen-bond acceptors (Lipinski definition) is 3. The molecule has 1 aliphatic rings. The van der Waals surface area contributed by atoms with E-state index in [-0.39, 0.29) is 11.8 Å². The van der Waals surface area contributed by atoms with Gasteiger partial charge in [0.1, 0.15) is 11.8 Å². The first-order valence-electron chi connectivity index (χ1n) is 8.20. The average Bonchev–Trinajstić information content (AvgIpc) is 3.10. The molecule has 2 aromatic rings. The molecule has 5 nitrogen and oxygen atoms in total. The molecule has 26 heavy (non-hydrogen) atoms. The van der Waals surface area contributed by atoms with Crippen LogP contribution in [0.5, 0.6) is 5.75 Å². The van der Waals surface area contributed by atoms with Crippen molar-refractivity contribution >= 4 is 40.7 Å². The summed E-state index contributed by atoms with van der Waals surface area (Å²) in [7, 11) is 1.55. The minimum absolute atomic E-state index is 0.189. The number of nitrogens with one attached hydrogen (secondary N) is 1. The topological polar surface area (TPSA) is 58.6 Å². The first kappa shape index (κ1) is 18.5. The van der Waals surface area contributed by atoms with Crippen LogP contribution in [-0.4, -0.2) is 36.4 Å². The van der Waals surface area contributed by atoms with Crippen molar-refractivity contribution in [2.75, 3.05) is 19.0 Å². The number of rotatable bonds is 4. The van der Waals surface area contributed by atoms with Gasteiger partial charge in [0.15, 0.2) is 0 Å². The van der Waals surface area contributed by atoms with E-state index in [9.17, 15) is 9.59 Å². The molecule has 0 radical (unpaired) electrons. The molecule has 1 saturated heterocycles. The zero-order chi connectivity index (χ0) is 18.7. The van der Waals surface area contributed by atoms with Crippen molar-refractivity contribution in [3.63, 3.8) is 0 Å². The van der Waals surface area contributed by atoms with Crippen molar-refractivity contribution in [2.45, 2.75) is 18.9 Å². The standard InChI is InChI=1S/C19H18Cl2N2O3/c1-26-16-5-2-4-12(8-16)19(25)23-7-3-6-17(23)18(24)22-15-10-13(20)9-14(21)11-15/h2,4-5,8-11,17H,3,6-7H2,1H3,(H,22,24). The number of anilines is 1. The molecule has 1 N–H and O–H groups in total. The number of nitrogens with zero attached hydrogens (tertiary/aromatic N) is 1. The maximum Gasteiger partial charge on any atom is 0.254 e. The van der Waals surface area contributed by atoms with Crippen LogP contribution in [-0.2, 0) is 4.79 Å². The van der Waals surface area contributed by atoms with Crippen LogP contribution >= 0.6 is 23.2 Å². The second-order valence-electron chi connectivity index (χ2n) is 6.04. The number of methoxy groups -OCH3 is 1. The Balaban J connectivity index is 1.76. The second kappa shape index (κ2) is 7.98. The Kier molecular flexibility index (Phi) is 5.69. The summed E-state index contributed by atoms with van der Waals surface area (Å²) in [4.78, 5) is 27.1. The largest absolute Gasteiger partial charge is 0.497 e. The predicted octanol–water partition coefficient (Wildman–Crippen LogP) is 4.25. The SMILES string of the molecule is COc1cccc(C(=O)N2CCCC2C(=O)Nc2cc(Cl)cc(Cl)c2)c1. The molecule has 136 valence electrons. The van der Waals surface area contributed by atoms with Gasteiger partial charge in [-0.3, -0.25) is 9.59 Å². The summed E-state index contributed by atoms with van der Waals surface area (Å²) < 4.78 is 5.17. The Morgan fingerprint density at radius 2 is 1.88 bits per heavy atom. The summed E-state index contributed by atoms with van der Waals surface area (Å²) in [5.41, 5.74) is 1.00. The summed E-state index contributed by atoms with van der Waals surface area (Å²) in [6, 6.07) is 11.2. The normalized spacial score (nSPS) is 16.4. The van der Waals surface area contributed by atoms with E-state index in [0.717, 1.165) is 6.42 Å². The highest BCUT2D eigenvalue weighted by atomic mass is 35.5. The molecule has 0 aromatic heterocycles. The van der Waals surface area contributed by atoms with Crippen LogP contribution in [0.15, 0.2) is 42.5 Å². The Morgan fingerprint density at radius 1 is 1.15 bits per heavy atom. The van der Waals surface area contributed by atoms with Crippen LogP contribution in [0.2, 0.25) is 10.0 Å². The Morgan fingerprint density at radius 3 is 2.58 bits per heavy atom. The lowest BCUT2D eigenvalue weighted by Gasteiger charge is -2.24. The molecular weight excluding hydrogens is 375 g/mol. The number of carbonyl (C=O) groups excluding carboxylic acids is 2. The molecule has 1 aliphatic heterocycles. The van der Waals surface area contributed by atoms with Gasteiger partial charge >= 0.3 is 0 Å². The van der Waals surface area contributed by atoms with Crippen molar-refractivity contribution in [2.24, 2.45) is 0 Å². The van der Waals surface area contributed by atoms with E-state index < -0.39 is 6.04 Å². The van der Waals surface area contributed by atoms with Crippen molar-refractivity contribution in [1.82, 2.24) is 4.90 Å². The van der Waals surface area contributed by atoms with E-state index in [4.69, 9.17) is 27.9 Å². The summed E-state index contributed by atoms with van der Waals surface area (Å²) in [6.45, 7) is 0.532. The van der Waals surface area contributed by atoms with Crippen molar-refractivity contribution in [3.8, 4) is 5.75 Å². The van der Waals surface area contributed by atoms with E-state index in [1.807, 2.05) is 0 Å². The van der Waals surface area contributed by atoms with Gasteiger partial charge in [-0.05, 0) is 49.2 Å². The third-order valence-electron chi connectivity index (χ3n) is 4.26. The third kappa shape index (κ3) is 4.11. The number of amides is 2. The molecule has 2 amide bonds. The fourth-order valence-electron chi connectivity index (χ4n) is 3.06. The maximum atomic E-state index is 12.8. The molecule has 1 atom stereocenters. The van der Waals surface area contributed by atoms with Gasteiger partial charge in [-0.15, -0.1) is 0 Å². The van der Waals surface area contributed by atoms with Crippen LogP contribution in [0, 0.1) is 0 Å². The number of hydrogen-bond donors (Lipinski definition) is 1. The molecule has 2 aromatic carbocycles. The molecule has 1 heterocycles. The van der Waals surface area contributed by atoms with Gasteiger partial charge in [-0.25, -0.2) is 0 Å². The molecule has 0 bridgehead atoms. The quantitative estimate of drug-likeness (QED) is 0.845. The predicted molar refractivity (Wildman–Crippen MR) is 102 cm³/mol. The molecule has 0 spiro atoms. The zero-order valence-electron chi connectivity index (χ0n) is 14.2. The second-order valence-corrected chi connectivity index (χ2v) is 6.91. The highest BCUT2D eigenvalue weighted by Gasteiger charge is 2.34. The highest BCUT2D eigenvalue weighted by Crippen LogP contribution is 2.26. The monoisotopic (exact) mass is 392 g/mol. The van der Waals surface area contributed by atoms with E-state index in [1.54, 1.807) is 54.5 Å². The van der Waals surface area contributed by atoms with Crippen LogP contribution < -0.4 is 10.1 Å². The van der Waals surface area contributed by atoms with Gasteiger partial charge in [-0.2, -0.15) is 0 Å². The van der Waals surface area contributed by atoms with Crippen LogP contribution in [0.4, 0.5) is 5.69 Å². The lowest BCUT2D eigenvalue weighted by atomic mass is 10.1. The molecule has 0 aliphatic carbocycles. The van der Waals surface area contributed by atoms with Crippen LogP contribution in [0.1, 0.15) is 23.2 Å². The smallest absolute Gasteiger partial charge is 0.254 e. The number of carbonyl (C=O) groups is 2. The van der Waals surface area contributed by atoms with Crippen molar-refractivity contribution < 1.29 is 14.3 Å². The first-order valence-corrected chi connectivity index (χ1v) is 8.95. The summed E-state index contributed by atoms with van der Waals surface area (Å²) in [5, 5.41) is 3.67. The summed E-state index contributed by atoms with van der Waals surface area (Å²) in [5.74, 6) is 0.160. The van der Waals surface area contributed by atoms with Crippen LogP contribution in [0.3, 0.4) is 0 Å². The summed E-state index contributed by atoms with van der Waals surface area (Å²) in [6.07, 6.45) is 1.37.